The van der Waals surface area contributed by atoms with Crippen LogP contribution in [0.5, 0.6) is 11.5 Å². The van der Waals surface area contributed by atoms with Gasteiger partial charge in [0.05, 0.1) is 24.9 Å². The molecule has 1 aromatic carbocycles. The van der Waals surface area contributed by atoms with Gasteiger partial charge in [0.15, 0.2) is 0 Å². The summed E-state index contributed by atoms with van der Waals surface area (Å²) in [7, 11) is 4.50. The molecule has 0 aromatic heterocycles. The lowest BCUT2D eigenvalue weighted by Crippen LogP contribution is -2.32. The van der Waals surface area contributed by atoms with E-state index in [1.807, 2.05) is 0 Å². The molecular weight excluding hydrogens is 350 g/mol. The van der Waals surface area contributed by atoms with Crippen LogP contribution in [0.4, 0.5) is 10.5 Å². The molecular formula is C16H20ClN3O5. The summed E-state index contributed by atoms with van der Waals surface area (Å²) in [6, 6.07) is 2.78. The number of likely N-dealkylation sites (N-methyl/N-ethyl adjacent to an activating group) is 1. The van der Waals surface area contributed by atoms with Gasteiger partial charge in [0.2, 0.25) is 11.8 Å². The van der Waals surface area contributed by atoms with Crippen LogP contribution < -0.4 is 14.8 Å². The maximum atomic E-state index is 12.1. The average Bonchev–Trinajstić information content (AvgIpc) is 2.82. The molecule has 9 heteroatoms. The summed E-state index contributed by atoms with van der Waals surface area (Å²) in [6.45, 7) is 0.281. The fraction of sp³-hybridized carbons (Fsp3) is 0.438. The number of anilines is 1. The second kappa shape index (κ2) is 8.06. The SMILES string of the molecule is COc1cc(NC(=O)CCCN2C(=O)CN(C)C2=O)c(OC)cc1Cl. The van der Waals surface area contributed by atoms with Crippen molar-refractivity contribution in [2.75, 3.05) is 39.7 Å². The van der Waals surface area contributed by atoms with E-state index in [2.05, 4.69) is 5.32 Å². The lowest BCUT2D eigenvalue weighted by molar-refractivity contribution is -0.125. The van der Waals surface area contributed by atoms with Gasteiger partial charge in [-0.25, -0.2) is 4.79 Å². The molecule has 8 nitrogen and oxygen atoms in total. The summed E-state index contributed by atoms with van der Waals surface area (Å²) in [5, 5.41) is 3.09. The molecule has 0 unspecified atom stereocenters. The molecule has 0 spiro atoms. The Kier molecular flexibility index (Phi) is 6.08. The number of imide groups is 1. The van der Waals surface area contributed by atoms with Crippen LogP contribution in [-0.4, -0.2) is 62.0 Å². The van der Waals surface area contributed by atoms with E-state index in [9.17, 15) is 14.4 Å². The Morgan fingerprint density at radius 2 is 1.92 bits per heavy atom. The highest BCUT2D eigenvalue weighted by Crippen LogP contribution is 2.35. The van der Waals surface area contributed by atoms with E-state index < -0.39 is 0 Å². The number of hydrogen-bond acceptors (Lipinski definition) is 5. The zero-order chi connectivity index (χ0) is 18.6. The minimum Gasteiger partial charge on any atom is -0.495 e. The molecule has 0 saturated carbocycles. The van der Waals surface area contributed by atoms with Gasteiger partial charge >= 0.3 is 6.03 Å². The van der Waals surface area contributed by atoms with E-state index in [0.29, 0.717) is 28.6 Å². The van der Waals surface area contributed by atoms with Crippen molar-refractivity contribution in [2.24, 2.45) is 0 Å². The Bertz CT molecular complexity index is 695. The molecule has 1 saturated heterocycles. The van der Waals surface area contributed by atoms with Crippen LogP contribution in [0.2, 0.25) is 5.02 Å². The van der Waals surface area contributed by atoms with Gasteiger partial charge < -0.3 is 19.7 Å². The second-order valence-corrected chi connectivity index (χ2v) is 5.93. The Balaban J connectivity index is 1.92. The topological polar surface area (TPSA) is 88.2 Å². The molecule has 1 aromatic rings. The van der Waals surface area contributed by atoms with E-state index >= 15 is 0 Å². The number of halogens is 1. The van der Waals surface area contributed by atoms with Gasteiger partial charge in [-0.05, 0) is 6.42 Å². The van der Waals surface area contributed by atoms with Crippen molar-refractivity contribution in [1.82, 2.24) is 9.80 Å². The van der Waals surface area contributed by atoms with Gasteiger partial charge in [0.1, 0.15) is 18.0 Å². The summed E-state index contributed by atoms with van der Waals surface area (Å²) < 4.78 is 10.3. The third-order valence-electron chi connectivity index (χ3n) is 3.76. The number of nitrogens with one attached hydrogen (secondary N) is 1. The largest absolute Gasteiger partial charge is 0.495 e. The molecule has 0 radical (unpaired) electrons. The highest BCUT2D eigenvalue weighted by atomic mass is 35.5. The van der Waals surface area contributed by atoms with Crippen LogP contribution in [0.15, 0.2) is 12.1 Å². The van der Waals surface area contributed by atoms with Gasteiger partial charge in [-0.1, -0.05) is 11.6 Å². The average molecular weight is 370 g/mol. The van der Waals surface area contributed by atoms with Crippen molar-refractivity contribution in [3.05, 3.63) is 17.2 Å². The molecule has 25 heavy (non-hydrogen) atoms. The van der Waals surface area contributed by atoms with Crippen molar-refractivity contribution in [3.8, 4) is 11.5 Å². The quantitative estimate of drug-likeness (QED) is 0.742. The van der Waals surface area contributed by atoms with Crippen molar-refractivity contribution < 1.29 is 23.9 Å². The van der Waals surface area contributed by atoms with Gasteiger partial charge in [-0.3, -0.25) is 14.5 Å². The summed E-state index contributed by atoms with van der Waals surface area (Å²) in [5.41, 5.74) is 0.432. The third kappa shape index (κ3) is 4.33. The molecule has 1 aliphatic rings. The molecule has 1 heterocycles. The second-order valence-electron chi connectivity index (χ2n) is 5.52. The van der Waals surface area contributed by atoms with Gasteiger partial charge in [0.25, 0.3) is 0 Å². The number of urea groups is 1. The zero-order valence-corrected chi connectivity index (χ0v) is 15.1. The number of carbonyl (C=O) groups excluding carboxylic acids is 3. The molecule has 4 amide bonds. The van der Waals surface area contributed by atoms with Crippen LogP contribution >= 0.6 is 11.6 Å². The molecule has 0 bridgehead atoms. The molecule has 0 aliphatic carbocycles. The maximum absolute atomic E-state index is 12.1. The molecule has 1 fully saturated rings. The van der Waals surface area contributed by atoms with Crippen molar-refractivity contribution >= 4 is 35.1 Å². The molecule has 1 aliphatic heterocycles. The van der Waals surface area contributed by atoms with Gasteiger partial charge in [-0.2, -0.15) is 0 Å². The first-order valence-corrected chi connectivity index (χ1v) is 8.02. The Hall–Kier alpha value is -2.48. The zero-order valence-electron chi connectivity index (χ0n) is 14.3. The Morgan fingerprint density at radius 3 is 2.48 bits per heavy atom. The number of rotatable bonds is 7. The summed E-state index contributed by atoms with van der Waals surface area (Å²) in [6.07, 6.45) is 0.513. The van der Waals surface area contributed by atoms with Crippen LogP contribution in [0.1, 0.15) is 12.8 Å². The Morgan fingerprint density at radius 1 is 1.24 bits per heavy atom. The molecule has 0 atom stereocenters. The van der Waals surface area contributed by atoms with Crippen LogP contribution in [-0.2, 0) is 9.59 Å². The smallest absolute Gasteiger partial charge is 0.326 e. The lowest BCUT2D eigenvalue weighted by Gasteiger charge is -2.15. The normalized spacial score (nSPS) is 14.1. The Labute approximate surface area is 150 Å². The first-order valence-electron chi connectivity index (χ1n) is 7.64. The van der Waals surface area contributed by atoms with E-state index in [0.717, 1.165) is 4.90 Å². The van der Waals surface area contributed by atoms with E-state index in [4.69, 9.17) is 21.1 Å². The number of ether oxygens (including phenoxy) is 2. The first-order chi connectivity index (χ1) is 11.9. The van der Waals surface area contributed by atoms with Crippen molar-refractivity contribution in [2.45, 2.75) is 12.8 Å². The number of carbonyl (C=O) groups is 3. The van der Waals surface area contributed by atoms with Crippen molar-refractivity contribution in [1.29, 1.82) is 0 Å². The minimum atomic E-state index is -0.338. The predicted octanol–water partition coefficient (Wildman–Crippen LogP) is 1.97. The fourth-order valence-corrected chi connectivity index (χ4v) is 2.69. The monoisotopic (exact) mass is 369 g/mol. The number of nitrogens with zero attached hydrogens (tertiary/aromatic N) is 2. The number of benzene rings is 1. The standard InChI is InChI=1S/C16H20ClN3O5/c1-19-9-15(22)20(16(19)23)6-4-5-14(21)18-11-8-12(24-2)10(17)7-13(11)25-3/h7-8H,4-6,9H2,1-3H3,(H,18,21). The summed E-state index contributed by atoms with van der Waals surface area (Å²) in [5.74, 6) is 0.298. The van der Waals surface area contributed by atoms with E-state index in [1.165, 1.54) is 19.1 Å². The van der Waals surface area contributed by atoms with E-state index in [-0.39, 0.29) is 37.4 Å². The highest BCUT2D eigenvalue weighted by molar-refractivity contribution is 6.32. The minimum absolute atomic E-state index is 0.0762. The fourth-order valence-electron chi connectivity index (χ4n) is 2.46. The number of amides is 4. The lowest BCUT2D eigenvalue weighted by atomic mass is 10.2. The van der Waals surface area contributed by atoms with Crippen molar-refractivity contribution in [3.63, 3.8) is 0 Å². The maximum Gasteiger partial charge on any atom is 0.326 e. The summed E-state index contributed by atoms with van der Waals surface area (Å²) >= 11 is 6.02. The summed E-state index contributed by atoms with van der Waals surface area (Å²) in [4.78, 5) is 38.0. The number of hydrogen-bond donors (Lipinski definition) is 1. The predicted molar refractivity (Wildman–Crippen MR) is 92.2 cm³/mol. The third-order valence-corrected chi connectivity index (χ3v) is 4.06. The van der Waals surface area contributed by atoms with Crippen LogP contribution in [0.3, 0.4) is 0 Å². The van der Waals surface area contributed by atoms with Gasteiger partial charge in [0, 0.05) is 32.1 Å². The number of methoxy groups -OCH3 is 2. The molecule has 136 valence electrons. The van der Waals surface area contributed by atoms with Gasteiger partial charge in [-0.15, -0.1) is 0 Å². The molecule has 2 rings (SSSR count). The van der Waals surface area contributed by atoms with Crippen LogP contribution in [0.25, 0.3) is 0 Å². The van der Waals surface area contributed by atoms with E-state index in [1.54, 1.807) is 19.2 Å². The highest BCUT2D eigenvalue weighted by Gasteiger charge is 2.32. The molecule has 1 N–H and O–H groups in total. The first kappa shape index (κ1) is 18.9. The van der Waals surface area contributed by atoms with Crippen LogP contribution in [0, 0.1) is 0 Å².